The third kappa shape index (κ3) is 9.22. The van der Waals surface area contributed by atoms with E-state index in [1.54, 1.807) is 0 Å². The predicted octanol–water partition coefficient (Wildman–Crippen LogP) is 8.08. The summed E-state index contributed by atoms with van der Waals surface area (Å²) in [6, 6.07) is 44.9. The standard InChI is InChI=1S/C42H45N3O4/c1-30(34-14-7-4-8-15-34)45(2)28-39-25-40(35-21-19-32(29-46)20-22-35)49-41(48-39)38-18-10-17-37(24-38)36-16-9-13-33(23-36)27-44-42(47)43-26-31-11-5-3-6-12-31/h3-24,30,39-41,46H,25-29H2,1-2H3,(H2,43,44,47). The van der Waals surface area contributed by atoms with Gasteiger partial charge in [0.15, 0.2) is 6.29 Å². The van der Waals surface area contributed by atoms with Gasteiger partial charge in [-0.3, -0.25) is 4.90 Å². The molecule has 5 aromatic rings. The van der Waals surface area contributed by atoms with Crippen LogP contribution in [0.15, 0.2) is 133 Å². The summed E-state index contributed by atoms with van der Waals surface area (Å²) in [6.07, 6.45) is -0.0690. The lowest BCUT2D eigenvalue weighted by atomic mass is 9.98. The molecule has 49 heavy (non-hydrogen) atoms. The van der Waals surface area contributed by atoms with Gasteiger partial charge >= 0.3 is 6.03 Å². The summed E-state index contributed by atoms with van der Waals surface area (Å²) >= 11 is 0. The van der Waals surface area contributed by atoms with Crippen LogP contribution in [-0.2, 0) is 29.2 Å². The minimum Gasteiger partial charge on any atom is -0.392 e. The van der Waals surface area contributed by atoms with Gasteiger partial charge < -0.3 is 25.2 Å². The zero-order chi connectivity index (χ0) is 34.0. The molecule has 4 unspecified atom stereocenters. The first kappa shape index (κ1) is 34.1. The number of likely N-dealkylation sites (N-methyl/N-ethyl adjacent to an activating group) is 1. The number of ether oxygens (including phenoxy) is 2. The Morgan fingerprint density at radius 3 is 2.08 bits per heavy atom. The highest BCUT2D eigenvalue weighted by Crippen LogP contribution is 2.39. The molecular weight excluding hydrogens is 610 g/mol. The molecule has 7 nitrogen and oxygen atoms in total. The van der Waals surface area contributed by atoms with E-state index in [9.17, 15) is 9.90 Å². The van der Waals surface area contributed by atoms with Gasteiger partial charge in [-0.2, -0.15) is 0 Å². The number of carbonyl (C=O) groups is 1. The predicted molar refractivity (Wildman–Crippen MR) is 193 cm³/mol. The third-order valence-corrected chi connectivity index (χ3v) is 9.22. The zero-order valence-corrected chi connectivity index (χ0v) is 28.2. The van der Waals surface area contributed by atoms with E-state index in [0.29, 0.717) is 19.5 Å². The first-order chi connectivity index (χ1) is 23.9. The normalized spacial score (nSPS) is 18.2. The molecule has 1 aliphatic rings. The van der Waals surface area contributed by atoms with Crippen molar-refractivity contribution in [3.05, 3.63) is 167 Å². The van der Waals surface area contributed by atoms with E-state index in [1.807, 2.05) is 78.9 Å². The smallest absolute Gasteiger partial charge is 0.315 e. The van der Waals surface area contributed by atoms with Gasteiger partial charge in [-0.25, -0.2) is 4.79 Å². The number of aliphatic hydroxyl groups excluding tert-OH is 1. The molecule has 1 aliphatic heterocycles. The lowest BCUT2D eigenvalue weighted by molar-refractivity contribution is -0.253. The number of amides is 2. The Kier molecular flexibility index (Phi) is 11.5. The molecule has 0 radical (unpaired) electrons. The number of urea groups is 1. The Labute approximate surface area is 289 Å². The molecule has 4 atom stereocenters. The number of hydrogen-bond acceptors (Lipinski definition) is 5. The van der Waals surface area contributed by atoms with Crippen molar-refractivity contribution in [3.63, 3.8) is 0 Å². The highest BCUT2D eigenvalue weighted by atomic mass is 16.7. The second kappa shape index (κ2) is 16.5. The summed E-state index contributed by atoms with van der Waals surface area (Å²) in [7, 11) is 2.14. The maximum absolute atomic E-state index is 12.5. The Balaban J connectivity index is 1.16. The van der Waals surface area contributed by atoms with Crippen molar-refractivity contribution in [1.29, 1.82) is 0 Å². The van der Waals surface area contributed by atoms with Gasteiger partial charge in [-0.05, 0) is 65.0 Å². The van der Waals surface area contributed by atoms with Gasteiger partial charge in [-0.15, -0.1) is 0 Å². The summed E-state index contributed by atoms with van der Waals surface area (Å²) in [5.41, 5.74) is 8.30. The summed E-state index contributed by atoms with van der Waals surface area (Å²) < 4.78 is 13.4. The Morgan fingerprint density at radius 1 is 0.735 bits per heavy atom. The second-order valence-electron chi connectivity index (χ2n) is 12.7. The van der Waals surface area contributed by atoms with Gasteiger partial charge in [-0.1, -0.05) is 121 Å². The van der Waals surface area contributed by atoms with E-state index in [1.165, 1.54) is 5.56 Å². The maximum Gasteiger partial charge on any atom is 0.315 e. The Hall–Kier alpha value is -4.79. The molecule has 6 rings (SSSR count). The third-order valence-electron chi connectivity index (χ3n) is 9.22. The highest BCUT2D eigenvalue weighted by Gasteiger charge is 2.33. The van der Waals surface area contributed by atoms with E-state index in [0.717, 1.165) is 45.5 Å². The molecule has 252 valence electrons. The number of hydrogen-bond donors (Lipinski definition) is 3. The van der Waals surface area contributed by atoms with Crippen molar-refractivity contribution < 1.29 is 19.4 Å². The number of nitrogens with one attached hydrogen (secondary N) is 2. The van der Waals surface area contributed by atoms with Gasteiger partial charge in [0.1, 0.15) is 0 Å². The average molecular weight is 656 g/mol. The molecule has 7 heteroatoms. The van der Waals surface area contributed by atoms with Crippen LogP contribution in [0.5, 0.6) is 0 Å². The van der Waals surface area contributed by atoms with Gasteiger partial charge in [0, 0.05) is 37.7 Å². The van der Waals surface area contributed by atoms with Crippen molar-refractivity contribution in [2.45, 2.75) is 57.6 Å². The topological polar surface area (TPSA) is 83.1 Å². The van der Waals surface area contributed by atoms with Crippen LogP contribution in [0.3, 0.4) is 0 Å². The van der Waals surface area contributed by atoms with Crippen LogP contribution < -0.4 is 10.6 Å². The largest absolute Gasteiger partial charge is 0.392 e. The summed E-state index contributed by atoms with van der Waals surface area (Å²) in [5, 5.41) is 15.5. The Morgan fingerprint density at radius 2 is 1.37 bits per heavy atom. The first-order valence-corrected chi connectivity index (χ1v) is 17.0. The van der Waals surface area contributed by atoms with Crippen LogP contribution in [-0.4, -0.2) is 35.7 Å². The lowest BCUT2D eigenvalue weighted by Gasteiger charge is -2.39. The second-order valence-corrected chi connectivity index (χ2v) is 12.7. The van der Waals surface area contributed by atoms with Gasteiger partial charge in [0.05, 0.1) is 18.8 Å². The highest BCUT2D eigenvalue weighted by molar-refractivity contribution is 5.74. The summed E-state index contributed by atoms with van der Waals surface area (Å²) in [6.45, 7) is 3.86. The minimum atomic E-state index is -0.556. The van der Waals surface area contributed by atoms with Crippen molar-refractivity contribution >= 4 is 6.03 Å². The molecule has 1 saturated heterocycles. The molecule has 3 N–H and O–H groups in total. The number of carbonyl (C=O) groups excluding carboxylic acids is 1. The number of benzene rings is 5. The van der Waals surface area contributed by atoms with Crippen LogP contribution in [0, 0.1) is 0 Å². The molecule has 1 fully saturated rings. The lowest BCUT2D eigenvalue weighted by Crippen LogP contribution is -2.38. The molecule has 2 amide bonds. The van der Waals surface area contributed by atoms with Gasteiger partial charge in [0.25, 0.3) is 0 Å². The van der Waals surface area contributed by atoms with Crippen LogP contribution in [0.1, 0.15) is 65.2 Å². The molecule has 0 bridgehead atoms. The van der Waals surface area contributed by atoms with E-state index < -0.39 is 6.29 Å². The van der Waals surface area contributed by atoms with Crippen molar-refractivity contribution in [2.24, 2.45) is 0 Å². The van der Waals surface area contributed by atoms with E-state index >= 15 is 0 Å². The number of nitrogens with zero attached hydrogens (tertiary/aromatic N) is 1. The molecular formula is C42H45N3O4. The molecule has 0 aliphatic carbocycles. The Bertz CT molecular complexity index is 1780. The average Bonchev–Trinajstić information content (AvgIpc) is 3.16. The molecule has 0 spiro atoms. The number of aliphatic hydroxyl groups is 1. The fourth-order valence-electron chi connectivity index (χ4n) is 6.25. The molecule has 5 aromatic carbocycles. The van der Waals surface area contributed by atoms with E-state index in [4.69, 9.17) is 9.47 Å². The van der Waals surface area contributed by atoms with Gasteiger partial charge in [0.2, 0.25) is 0 Å². The van der Waals surface area contributed by atoms with Crippen molar-refractivity contribution in [1.82, 2.24) is 15.5 Å². The van der Waals surface area contributed by atoms with E-state index in [2.05, 4.69) is 84.1 Å². The fourth-order valence-corrected chi connectivity index (χ4v) is 6.25. The van der Waals surface area contributed by atoms with Crippen LogP contribution >= 0.6 is 0 Å². The monoisotopic (exact) mass is 655 g/mol. The maximum atomic E-state index is 12.5. The fraction of sp³-hybridized carbons (Fsp3) is 0.262. The molecule has 1 heterocycles. The minimum absolute atomic E-state index is 0.00778. The van der Waals surface area contributed by atoms with Crippen LogP contribution in [0.2, 0.25) is 0 Å². The quantitative estimate of drug-likeness (QED) is 0.127. The zero-order valence-electron chi connectivity index (χ0n) is 28.2. The SMILES string of the molecule is CC(c1ccccc1)N(C)CC1CC(c2ccc(CO)cc2)OC(c2cccc(-c3cccc(CNC(=O)NCc4ccccc4)c3)c2)O1. The molecule has 0 aromatic heterocycles. The van der Waals surface area contributed by atoms with Crippen LogP contribution in [0.4, 0.5) is 4.79 Å². The number of rotatable bonds is 12. The van der Waals surface area contributed by atoms with Crippen LogP contribution in [0.25, 0.3) is 11.1 Å². The van der Waals surface area contributed by atoms with Crippen molar-refractivity contribution in [2.75, 3.05) is 13.6 Å². The first-order valence-electron chi connectivity index (χ1n) is 17.0. The van der Waals surface area contributed by atoms with Crippen molar-refractivity contribution in [3.8, 4) is 11.1 Å². The van der Waals surface area contributed by atoms with E-state index in [-0.39, 0.29) is 30.9 Å². The summed E-state index contributed by atoms with van der Waals surface area (Å²) in [4.78, 5) is 14.8. The molecule has 0 saturated carbocycles. The summed E-state index contributed by atoms with van der Waals surface area (Å²) in [5.74, 6) is 0.